The van der Waals surface area contributed by atoms with Gasteiger partial charge in [0.25, 0.3) is 5.91 Å². The number of aryl methyl sites for hydroxylation is 1. The van der Waals surface area contributed by atoms with Crippen molar-refractivity contribution >= 4 is 22.7 Å². The van der Waals surface area contributed by atoms with Crippen molar-refractivity contribution in [2.75, 3.05) is 6.54 Å². The van der Waals surface area contributed by atoms with Crippen molar-refractivity contribution in [2.45, 2.75) is 12.5 Å². The molecule has 2 aromatic carbocycles. The molecule has 2 heterocycles. The molecule has 168 valence electrons. The molecule has 1 atom stereocenters. The third kappa shape index (κ3) is 4.85. The second-order valence-corrected chi connectivity index (χ2v) is 7.67. The zero-order valence-corrected chi connectivity index (χ0v) is 18.1. The van der Waals surface area contributed by atoms with Gasteiger partial charge in [0.1, 0.15) is 11.9 Å². The maximum absolute atomic E-state index is 13.3. The van der Waals surface area contributed by atoms with Crippen molar-refractivity contribution in [3.63, 3.8) is 0 Å². The predicted molar refractivity (Wildman–Crippen MR) is 125 cm³/mol. The molecule has 4 aromatic rings. The Morgan fingerprint density at radius 3 is 2.73 bits per heavy atom. The van der Waals surface area contributed by atoms with Gasteiger partial charge in [-0.25, -0.2) is 4.39 Å². The van der Waals surface area contributed by atoms with Gasteiger partial charge in [0, 0.05) is 37.1 Å². The second kappa shape index (κ2) is 9.52. The maximum atomic E-state index is 13.3. The van der Waals surface area contributed by atoms with Crippen LogP contribution in [0.4, 0.5) is 4.39 Å². The summed E-state index contributed by atoms with van der Waals surface area (Å²) in [6.07, 6.45) is 3.73. The van der Waals surface area contributed by atoms with E-state index in [0.717, 1.165) is 22.0 Å². The summed E-state index contributed by atoms with van der Waals surface area (Å²) in [5.41, 5.74) is 3.42. The molecular weight excluding hydrogens is 421 g/mol. The van der Waals surface area contributed by atoms with Crippen molar-refractivity contribution in [2.24, 2.45) is 7.05 Å². The first kappa shape index (κ1) is 22.0. The molecule has 4 rings (SSSR count). The van der Waals surface area contributed by atoms with E-state index < -0.39 is 11.9 Å². The highest BCUT2D eigenvalue weighted by Crippen LogP contribution is 2.21. The molecule has 0 radical (unpaired) electrons. The van der Waals surface area contributed by atoms with E-state index in [-0.39, 0.29) is 24.0 Å². The van der Waals surface area contributed by atoms with Gasteiger partial charge in [-0.1, -0.05) is 24.3 Å². The van der Waals surface area contributed by atoms with Crippen molar-refractivity contribution < 1.29 is 14.0 Å². The summed E-state index contributed by atoms with van der Waals surface area (Å²) in [7, 11) is 1.70. The molecule has 0 saturated carbocycles. The van der Waals surface area contributed by atoms with Crippen LogP contribution in [0.1, 0.15) is 16.1 Å². The van der Waals surface area contributed by atoms with Crippen molar-refractivity contribution in [3.05, 3.63) is 90.5 Å². The summed E-state index contributed by atoms with van der Waals surface area (Å²) < 4.78 is 14.8. The molecule has 0 aliphatic rings. The first-order chi connectivity index (χ1) is 16.0. The summed E-state index contributed by atoms with van der Waals surface area (Å²) in [5, 5.41) is 10.8. The molecular formula is C25H24FN5O2. The van der Waals surface area contributed by atoms with Crippen molar-refractivity contribution in [1.82, 2.24) is 25.4 Å². The first-order valence-corrected chi connectivity index (χ1v) is 10.5. The van der Waals surface area contributed by atoms with Gasteiger partial charge in [0.15, 0.2) is 5.69 Å². The Morgan fingerprint density at radius 2 is 1.97 bits per heavy atom. The lowest BCUT2D eigenvalue weighted by atomic mass is 10.0. The van der Waals surface area contributed by atoms with E-state index in [1.54, 1.807) is 36.0 Å². The number of carbonyl (C=O) groups excluding carboxylic acids is 2. The van der Waals surface area contributed by atoms with Crippen LogP contribution >= 0.6 is 0 Å². The van der Waals surface area contributed by atoms with Crippen LogP contribution in [0.5, 0.6) is 0 Å². The average molecular weight is 445 g/mol. The fraction of sp³-hybridized carbons (Fsp3) is 0.160. The lowest BCUT2D eigenvalue weighted by Crippen LogP contribution is -2.48. The van der Waals surface area contributed by atoms with Crippen LogP contribution < -0.4 is 10.6 Å². The largest absolute Gasteiger partial charge is 0.361 e. The third-order valence-corrected chi connectivity index (χ3v) is 5.39. The molecule has 8 heteroatoms. The summed E-state index contributed by atoms with van der Waals surface area (Å²) in [4.78, 5) is 29.0. The molecule has 0 aliphatic carbocycles. The minimum Gasteiger partial charge on any atom is -0.361 e. The summed E-state index contributed by atoms with van der Waals surface area (Å²) in [5.74, 6) is -1.13. The van der Waals surface area contributed by atoms with Crippen LogP contribution in [0, 0.1) is 5.82 Å². The van der Waals surface area contributed by atoms with E-state index >= 15 is 0 Å². The number of nitrogens with one attached hydrogen (secondary N) is 3. The second-order valence-electron chi connectivity index (χ2n) is 7.67. The fourth-order valence-electron chi connectivity index (χ4n) is 3.73. The molecule has 1 unspecified atom stereocenters. The van der Waals surface area contributed by atoms with E-state index in [1.807, 2.05) is 30.5 Å². The molecule has 0 spiro atoms. The summed E-state index contributed by atoms with van der Waals surface area (Å²) in [6, 6.07) is 14.5. The number of aromatic amines is 1. The Hall–Kier alpha value is -4.20. The van der Waals surface area contributed by atoms with E-state index in [9.17, 15) is 14.0 Å². The van der Waals surface area contributed by atoms with Gasteiger partial charge in [0.2, 0.25) is 5.91 Å². The number of para-hydroxylation sites is 1. The molecule has 3 N–H and O–H groups in total. The SMILES string of the molecule is C=CCNC(=O)C(Cc1c[nH]c2ccccc12)NC(=O)c1cc(-c2ccc(F)cc2)n(C)n1. The van der Waals surface area contributed by atoms with Crippen molar-refractivity contribution in [3.8, 4) is 11.3 Å². The maximum Gasteiger partial charge on any atom is 0.272 e. The van der Waals surface area contributed by atoms with E-state index in [1.165, 1.54) is 12.1 Å². The quantitative estimate of drug-likeness (QED) is 0.363. The molecule has 0 saturated heterocycles. The van der Waals surface area contributed by atoms with Gasteiger partial charge in [-0.05, 0) is 47.5 Å². The zero-order chi connectivity index (χ0) is 23.4. The lowest BCUT2D eigenvalue weighted by molar-refractivity contribution is -0.122. The number of carbonyl (C=O) groups is 2. The fourth-order valence-corrected chi connectivity index (χ4v) is 3.73. The minimum absolute atomic E-state index is 0.164. The van der Waals surface area contributed by atoms with Crippen molar-refractivity contribution in [1.29, 1.82) is 0 Å². The van der Waals surface area contributed by atoms with E-state index in [0.29, 0.717) is 12.1 Å². The topological polar surface area (TPSA) is 91.8 Å². The molecule has 0 aliphatic heterocycles. The Balaban J connectivity index is 1.57. The molecule has 33 heavy (non-hydrogen) atoms. The summed E-state index contributed by atoms with van der Waals surface area (Å²) in [6.45, 7) is 3.91. The molecule has 2 amide bonds. The minimum atomic E-state index is -0.812. The number of nitrogens with zero attached hydrogens (tertiary/aromatic N) is 2. The van der Waals surface area contributed by atoms with Crippen LogP contribution in [0.2, 0.25) is 0 Å². The zero-order valence-electron chi connectivity index (χ0n) is 18.1. The van der Waals surface area contributed by atoms with Crippen LogP contribution in [0.25, 0.3) is 22.2 Å². The standard InChI is InChI=1S/C25H24FN5O2/c1-3-12-27-24(32)21(13-17-15-28-20-7-5-4-6-19(17)20)29-25(33)22-14-23(31(2)30-22)16-8-10-18(26)11-9-16/h3-11,14-15,21,28H,1,12-13H2,2H3,(H,27,32)(H,29,33). The number of amides is 2. The number of halogens is 1. The number of hydrogen-bond acceptors (Lipinski definition) is 3. The smallest absolute Gasteiger partial charge is 0.272 e. The Bertz CT molecular complexity index is 1310. The number of fused-ring (bicyclic) bond motifs is 1. The monoisotopic (exact) mass is 445 g/mol. The third-order valence-electron chi connectivity index (χ3n) is 5.39. The Morgan fingerprint density at radius 1 is 1.21 bits per heavy atom. The molecule has 0 bridgehead atoms. The number of aromatic nitrogens is 3. The van der Waals surface area contributed by atoms with E-state index in [4.69, 9.17) is 0 Å². The average Bonchev–Trinajstić information content (AvgIpc) is 3.41. The van der Waals surface area contributed by atoms with Crippen LogP contribution in [0.3, 0.4) is 0 Å². The molecule has 0 fully saturated rings. The van der Waals surface area contributed by atoms with Gasteiger partial charge < -0.3 is 15.6 Å². The highest BCUT2D eigenvalue weighted by atomic mass is 19.1. The first-order valence-electron chi connectivity index (χ1n) is 10.5. The number of H-pyrrole nitrogens is 1. The van der Waals surface area contributed by atoms with E-state index in [2.05, 4.69) is 27.3 Å². The highest BCUT2D eigenvalue weighted by molar-refractivity contribution is 5.97. The lowest BCUT2D eigenvalue weighted by Gasteiger charge is -2.17. The number of rotatable bonds is 8. The molecule has 2 aromatic heterocycles. The normalized spacial score (nSPS) is 11.8. The van der Waals surface area contributed by atoms with Gasteiger partial charge in [-0.15, -0.1) is 6.58 Å². The predicted octanol–water partition coefficient (Wildman–Crippen LogP) is 3.35. The number of benzene rings is 2. The number of hydrogen-bond donors (Lipinski definition) is 3. The summed E-state index contributed by atoms with van der Waals surface area (Å²) >= 11 is 0. The highest BCUT2D eigenvalue weighted by Gasteiger charge is 2.24. The van der Waals surface area contributed by atoms with Gasteiger partial charge in [-0.3, -0.25) is 14.3 Å². The van der Waals surface area contributed by atoms with Crippen LogP contribution in [0.15, 0.2) is 73.4 Å². The van der Waals surface area contributed by atoms with Gasteiger partial charge in [0.05, 0.1) is 5.69 Å². The van der Waals surface area contributed by atoms with Gasteiger partial charge in [-0.2, -0.15) is 5.10 Å². The van der Waals surface area contributed by atoms with Crippen LogP contribution in [-0.4, -0.2) is 39.2 Å². The van der Waals surface area contributed by atoms with Crippen LogP contribution in [-0.2, 0) is 18.3 Å². The Labute approximate surface area is 190 Å². The van der Waals surface area contributed by atoms with Gasteiger partial charge >= 0.3 is 0 Å². The Kier molecular flexibility index (Phi) is 6.35. The molecule has 7 nitrogen and oxygen atoms in total.